The highest BCUT2D eigenvalue weighted by molar-refractivity contribution is 7.92. The fourth-order valence-electron chi connectivity index (χ4n) is 3.39. The summed E-state index contributed by atoms with van der Waals surface area (Å²) in [6.07, 6.45) is 1.64. The lowest BCUT2D eigenvalue weighted by Crippen LogP contribution is -2.40. The molecule has 1 fully saturated rings. The Labute approximate surface area is 175 Å². The van der Waals surface area contributed by atoms with Crippen LogP contribution in [-0.4, -0.2) is 32.3 Å². The Morgan fingerprint density at radius 2 is 2.07 bits per heavy atom. The molecule has 0 spiro atoms. The lowest BCUT2D eigenvalue weighted by atomic mass is 9.97. The number of nitrogens with two attached hydrogens (primary N) is 1. The number of rotatable bonds is 6. The van der Waals surface area contributed by atoms with Crippen LogP contribution in [0.5, 0.6) is 0 Å². The first kappa shape index (κ1) is 21.1. The van der Waals surface area contributed by atoms with E-state index in [2.05, 4.69) is 9.62 Å². The first-order valence-corrected chi connectivity index (χ1v) is 11.0. The number of piperidine rings is 1. The Bertz CT molecular complexity index is 1070. The van der Waals surface area contributed by atoms with Crippen LogP contribution < -0.4 is 10.5 Å². The molecule has 1 amide bonds. The van der Waals surface area contributed by atoms with Crippen LogP contribution in [0.4, 0.5) is 5.69 Å². The van der Waals surface area contributed by atoms with E-state index in [-0.39, 0.29) is 27.3 Å². The summed E-state index contributed by atoms with van der Waals surface area (Å²) in [6.45, 7) is 1.86. The molecule has 1 aliphatic rings. The normalized spacial score (nSPS) is 17.4. The number of anilines is 1. The quantitative estimate of drug-likeness (QED) is 0.727. The van der Waals surface area contributed by atoms with Crippen LogP contribution in [0.2, 0.25) is 5.02 Å². The van der Waals surface area contributed by atoms with Gasteiger partial charge in [0, 0.05) is 13.1 Å². The SMILES string of the molecule is N#Cc1cc(S(=O)(=O)Nc2ccccc2CN2CCCC(C(N)=O)C2)ccc1Cl. The second-order valence-electron chi connectivity index (χ2n) is 6.99. The van der Waals surface area contributed by atoms with Crippen LogP contribution in [0.25, 0.3) is 0 Å². The number of sulfonamides is 1. The largest absolute Gasteiger partial charge is 0.369 e. The van der Waals surface area contributed by atoms with E-state index in [1.165, 1.54) is 18.2 Å². The summed E-state index contributed by atoms with van der Waals surface area (Å²) in [4.78, 5) is 13.6. The van der Waals surface area contributed by atoms with Crippen LogP contribution in [-0.2, 0) is 21.4 Å². The number of primary amides is 1. The molecule has 1 atom stereocenters. The molecule has 0 radical (unpaired) electrons. The second-order valence-corrected chi connectivity index (χ2v) is 9.08. The van der Waals surface area contributed by atoms with Crippen molar-refractivity contribution in [3.63, 3.8) is 0 Å². The number of para-hydroxylation sites is 1. The van der Waals surface area contributed by atoms with Crippen LogP contribution in [0.15, 0.2) is 47.4 Å². The van der Waals surface area contributed by atoms with Gasteiger partial charge in [-0.1, -0.05) is 29.8 Å². The van der Waals surface area contributed by atoms with Crippen molar-refractivity contribution >= 4 is 33.2 Å². The monoisotopic (exact) mass is 432 g/mol. The minimum Gasteiger partial charge on any atom is -0.369 e. The summed E-state index contributed by atoms with van der Waals surface area (Å²) in [5, 5.41) is 9.29. The summed E-state index contributed by atoms with van der Waals surface area (Å²) < 4.78 is 28.3. The van der Waals surface area contributed by atoms with Crippen LogP contribution >= 0.6 is 11.6 Å². The predicted octanol–water partition coefficient (Wildman–Crippen LogP) is 2.71. The maximum atomic E-state index is 12.8. The summed E-state index contributed by atoms with van der Waals surface area (Å²) in [5.41, 5.74) is 6.77. The van der Waals surface area contributed by atoms with E-state index in [4.69, 9.17) is 22.6 Å². The molecular formula is C20H21ClN4O3S. The van der Waals surface area contributed by atoms with Gasteiger partial charge in [-0.3, -0.25) is 14.4 Å². The number of amides is 1. The van der Waals surface area contributed by atoms with Crippen molar-refractivity contribution in [1.82, 2.24) is 4.90 Å². The predicted molar refractivity (Wildman–Crippen MR) is 111 cm³/mol. The van der Waals surface area contributed by atoms with E-state index < -0.39 is 10.0 Å². The molecule has 2 aromatic rings. The van der Waals surface area contributed by atoms with Gasteiger partial charge in [0.1, 0.15) is 6.07 Å². The lowest BCUT2D eigenvalue weighted by molar-refractivity contribution is -0.123. The van der Waals surface area contributed by atoms with Gasteiger partial charge in [-0.05, 0) is 49.2 Å². The van der Waals surface area contributed by atoms with Gasteiger partial charge < -0.3 is 5.73 Å². The topological polar surface area (TPSA) is 116 Å². The fourth-order valence-corrected chi connectivity index (χ4v) is 4.68. The fraction of sp³-hybridized carbons (Fsp3) is 0.300. The number of hydrogen-bond donors (Lipinski definition) is 2. The number of likely N-dealkylation sites (tertiary alicyclic amines) is 1. The minimum absolute atomic E-state index is 0.0416. The molecule has 7 nitrogen and oxygen atoms in total. The number of hydrogen-bond acceptors (Lipinski definition) is 5. The summed E-state index contributed by atoms with van der Waals surface area (Å²) in [5.74, 6) is -0.495. The van der Waals surface area contributed by atoms with Crippen molar-refractivity contribution in [2.24, 2.45) is 11.7 Å². The standard InChI is InChI=1S/C20H21ClN4O3S/c21-18-8-7-17(10-16(18)11-22)29(27,28)24-19-6-2-1-4-14(19)12-25-9-3-5-15(13-25)20(23)26/h1-2,4,6-8,10,15,24H,3,5,9,12-13H2,(H2,23,26). The highest BCUT2D eigenvalue weighted by Crippen LogP contribution is 2.26. The maximum absolute atomic E-state index is 12.8. The van der Waals surface area contributed by atoms with Crippen molar-refractivity contribution in [3.05, 3.63) is 58.6 Å². The molecule has 152 valence electrons. The van der Waals surface area contributed by atoms with Gasteiger partial charge in [0.15, 0.2) is 0 Å². The third kappa shape index (κ3) is 5.07. The molecule has 3 rings (SSSR count). The maximum Gasteiger partial charge on any atom is 0.261 e. The summed E-state index contributed by atoms with van der Waals surface area (Å²) >= 11 is 5.90. The third-order valence-electron chi connectivity index (χ3n) is 4.93. The smallest absolute Gasteiger partial charge is 0.261 e. The molecule has 1 aliphatic heterocycles. The van der Waals surface area contributed by atoms with Crippen molar-refractivity contribution in [2.45, 2.75) is 24.3 Å². The molecular weight excluding hydrogens is 412 g/mol. The molecule has 29 heavy (non-hydrogen) atoms. The van der Waals surface area contributed by atoms with Gasteiger partial charge >= 0.3 is 0 Å². The van der Waals surface area contributed by atoms with Gasteiger partial charge in [0.2, 0.25) is 5.91 Å². The molecule has 3 N–H and O–H groups in total. The first-order valence-electron chi connectivity index (χ1n) is 9.12. The van der Waals surface area contributed by atoms with Gasteiger partial charge in [0.05, 0.1) is 27.1 Å². The first-order chi connectivity index (χ1) is 13.8. The van der Waals surface area contributed by atoms with E-state index in [9.17, 15) is 13.2 Å². The molecule has 0 aliphatic carbocycles. The summed E-state index contributed by atoms with van der Waals surface area (Å²) in [6, 6.07) is 13.0. The summed E-state index contributed by atoms with van der Waals surface area (Å²) in [7, 11) is -3.90. The van der Waals surface area contributed by atoms with Crippen molar-refractivity contribution in [2.75, 3.05) is 17.8 Å². The molecule has 1 unspecified atom stereocenters. The Hall–Kier alpha value is -2.60. The van der Waals surface area contributed by atoms with Gasteiger partial charge in [-0.15, -0.1) is 0 Å². The average Bonchev–Trinajstić information content (AvgIpc) is 2.69. The van der Waals surface area contributed by atoms with Crippen LogP contribution in [0.1, 0.15) is 24.0 Å². The number of halogens is 1. The molecule has 0 saturated carbocycles. The number of nitriles is 1. The van der Waals surface area contributed by atoms with E-state index >= 15 is 0 Å². The Balaban J connectivity index is 1.82. The second kappa shape index (κ2) is 8.82. The molecule has 1 heterocycles. The number of benzene rings is 2. The molecule has 9 heteroatoms. The number of nitrogens with zero attached hydrogens (tertiary/aromatic N) is 2. The Kier molecular flexibility index (Phi) is 6.42. The number of carbonyl (C=O) groups excluding carboxylic acids is 1. The molecule has 1 saturated heterocycles. The van der Waals surface area contributed by atoms with Crippen molar-refractivity contribution in [1.29, 1.82) is 5.26 Å². The van der Waals surface area contributed by atoms with Crippen molar-refractivity contribution in [3.8, 4) is 6.07 Å². The van der Waals surface area contributed by atoms with Gasteiger partial charge in [-0.2, -0.15) is 5.26 Å². The van der Waals surface area contributed by atoms with E-state index in [1.54, 1.807) is 12.1 Å². The van der Waals surface area contributed by atoms with Gasteiger partial charge in [0.25, 0.3) is 10.0 Å². The molecule has 2 aromatic carbocycles. The van der Waals surface area contributed by atoms with Crippen LogP contribution in [0, 0.1) is 17.2 Å². The highest BCUT2D eigenvalue weighted by Gasteiger charge is 2.25. The zero-order valence-electron chi connectivity index (χ0n) is 15.6. The zero-order valence-corrected chi connectivity index (χ0v) is 17.2. The van der Waals surface area contributed by atoms with E-state index in [1.807, 2.05) is 18.2 Å². The number of nitrogens with one attached hydrogen (secondary N) is 1. The van der Waals surface area contributed by atoms with E-state index in [0.717, 1.165) is 24.9 Å². The minimum atomic E-state index is -3.90. The lowest BCUT2D eigenvalue weighted by Gasteiger charge is -2.31. The molecule has 0 aromatic heterocycles. The zero-order chi connectivity index (χ0) is 21.0. The Morgan fingerprint density at radius 1 is 1.31 bits per heavy atom. The van der Waals surface area contributed by atoms with E-state index in [0.29, 0.717) is 18.8 Å². The van der Waals surface area contributed by atoms with Crippen molar-refractivity contribution < 1.29 is 13.2 Å². The van der Waals surface area contributed by atoms with Gasteiger partial charge in [-0.25, -0.2) is 8.42 Å². The van der Waals surface area contributed by atoms with Crippen LogP contribution in [0.3, 0.4) is 0 Å². The Morgan fingerprint density at radius 3 is 2.79 bits per heavy atom. The average molecular weight is 433 g/mol. The third-order valence-corrected chi connectivity index (χ3v) is 6.62. The molecule has 0 bridgehead atoms. The number of carbonyl (C=O) groups is 1. The highest BCUT2D eigenvalue weighted by atomic mass is 35.5.